The van der Waals surface area contributed by atoms with Gasteiger partial charge in [-0.15, -0.1) is 5.10 Å². The maximum atomic E-state index is 13.4. The van der Waals surface area contributed by atoms with E-state index in [0.717, 1.165) is 19.5 Å². The van der Waals surface area contributed by atoms with E-state index in [0.29, 0.717) is 60.9 Å². The first-order chi connectivity index (χ1) is 17.2. The van der Waals surface area contributed by atoms with E-state index >= 15 is 0 Å². The highest BCUT2D eigenvalue weighted by atomic mass is 32.2. The summed E-state index contributed by atoms with van der Waals surface area (Å²) in [5.74, 6) is 1.38. The van der Waals surface area contributed by atoms with Gasteiger partial charge >= 0.3 is 0 Å². The molecule has 2 aromatic heterocycles. The van der Waals surface area contributed by atoms with Crippen LogP contribution in [0.3, 0.4) is 0 Å². The van der Waals surface area contributed by atoms with Crippen LogP contribution in [-0.4, -0.2) is 77.0 Å². The zero-order valence-corrected chi connectivity index (χ0v) is 23.0. The minimum Gasteiger partial charge on any atom is -0.493 e. The van der Waals surface area contributed by atoms with Gasteiger partial charge in [-0.2, -0.15) is 4.31 Å². The summed E-state index contributed by atoms with van der Waals surface area (Å²) in [4.78, 5) is 22.8. The Morgan fingerprint density at radius 3 is 2.42 bits per heavy atom. The number of benzene rings is 1. The molecule has 0 bridgehead atoms. The largest absolute Gasteiger partial charge is 0.493 e. The molecule has 10 nitrogen and oxygen atoms in total. The predicted molar refractivity (Wildman–Crippen MR) is 141 cm³/mol. The molecule has 11 heteroatoms. The summed E-state index contributed by atoms with van der Waals surface area (Å²) < 4.78 is 35.5. The Kier molecular flexibility index (Phi) is 9.26. The van der Waals surface area contributed by atoms with Crippen LogP contribution in [0.1, 0.15) is 52.6 Å². The molecule has 3 aromatic rings. The number of sulfonamides is 1. The van der Waals surface area contributed by atoms with Gasteiger partial charge in [0.2, 0.25) is 10.0 Å². The first kappa shape index (κ1) is 27.8. The SMILES string of the molecule is CCCc1nc(CC)c2c(=O)[nH]c(-c3cc(S(=O)(=O)N(C)CCN(CC)CC)ccc3OCC)nn12. The van der Waals surface area contributed by atoms with Crippen LogP contribution in [0, 0.1) is 0 Å². The Morgan fingerprint density at radius 1 is 1.08 bits per heavy atom. The van der Waals surface area contributed by atoms with Crippen LogP contribution in [0.4, 0.5) is 0 Å². The normalized spacial score (nSPS) is 12.2. The number of fused-ring (bicyclic) bond motifs is 1. The molecule has 0 radical (unpaired) electrons. The Bertz CT molecular complexity index is 1340. The molecule has 0 fully saturated rings. The van der Waals surface area contributed by atoms with Gasteiger partial charge in [0.25, 0.3) is 5.56 Å². The van der Waals surface area contributed by atoms with E-state index in [1.54, 1.807) is 17.6 Å². The van der Waals surface area contributed by atoms with Crippen molar-refractivity contribution in [1.29, 1.82) is 0 Å². The number of nitrogens with zero attached hydrogens (tertiary/aromatic N) is 5. The molecule has 0 aliphatic rings. The molecule has 0 atom stereocenters. The number of aromatic amines is 1. The van der Waals surface area contributed by atoms with E-state index in [4.69, 9.17) is 4.74 Å². The number of ether oxygens (including phenoxy) is 1. The second-order valence-corrected chi connectivity index (χ2v) is 10.6. The van der Waals surface area contributed by atoms with Crippen LogP contribution in [0.5, 0.6) is 5.75 Å². The molecule has 0 saturated carbocycles. The van der Waals surface area contributed by atoms with Gasteiger partial charge in [-0.25, -0.2) is 17.9 Å². The van der Waals surface area contributed by atoms with Crippen molar-refractivity contribution in [2.75, 3.05) is 39.8 Å². The standard InChI is InChI=1S/C25H38N6O4S/c1-7-12-22-26-20(8-2)23-25(32)27-24(28-31(22)23)19-17-18(13-14-21(19)35-11-5)36(33,34)29(6)15-16-30(9-3)10-4/h13-14,17H,7-12,15-16H2,1-6H3,(H,27,28,32). The van der Waals surface area contributed by atoms with Crippen LogP contribution in [0.2, 0.25) is 0 Å². The van der Waals surface area contributed by atoms with Crippen molar-refractivity contribution in [3.8, 4) is 17.1 Å². The molecule has 0 unspecified atom stereocenters. The number of hydrogen-bond acceptors (Lipinski definition) is 7. The average Bonchev–Trinajstić information content (AvgIpc) is 3.23. The third-order valence-corrected chi connectivity index (χ3v) is 8.14. The molecule has 2 heterocycles. The maximum absolute atomic E-state index is 13.4. The van der Waals surface area contributed by atoms with E-state index in [-0.39, 0.29) is 16.3 Å². The monoisotopic (exact) mass is 518 g/mol. The molecular formula is C25H38N6O4S. The highest BCUT2D eigenvalue weighted by Gasteiger charge is 2.24. The molecule has 1 aromatic carbocycles. The lowest BCUT2D eigenvalue weighted by Crippen LogP contribution is -2.36. The fourth-order valence-corrected chi connectivity index (χ4v) is 5.33. The Hall–Kier alpha value is -2.76. The van der Waals surface area contributed by atoms with E-state index in [2.05, 4.69) is 33.8 Å². The van der Waals surface area contributed by atoms with Gasteiger partial charge in [-0.3, -0.25) is 4.79 Å². The highest BCUT2D eigenvalue weighted by molar-refractivity contribution is 7.89. The van der Waals surface area contributed by atoms with Gasteiger partial charge in [0, 0.05) is 26.6 Å². The zero-order chi connectivity index (χ0) is 26.5. The van der Waals surface area contributed by atoms with Crippen molar-refractivity contribution in [3.05, 3.63) is 40.1 Å². The summed E-state index contributed by atoms with van der Waals surface area (Å²) in [6, 6.07) is 4.67. The number of likely N-dealkylation sites (N-methyl/N-ethyl adjacent to an activating group) is 2. The second kappa shape index (κ2) is 12.0. The third-order valence-electron chi connectivity index (χ3n) is 6.29. The molecule has 0 amide bonds. The summed E-state index contributed by atoms with van der Waals surface area (Å²) in [6.45, 7) is 13.0. The second-order valence-electron chi connectivity index (χ2n) is 8.59. The van der Waals surface area contributed by atoms with Crippen molar-refractivity contribution < 1.29 is 13.2 Å². The van der Waals surface area contributed by atoms with Crippen LogP contribution < -0.4 is 10.3 Å². The Balaban J connectivity index is 2.11. The number of nitrogens with one attached hydrogen (secondary N) is 1. The van der Waals surface area contributed by atoms with Crippen LogP contribution in [0.25, 0.3) is 16.9 Å². The van der Waals surface area contributed by atoms with E-state index < -0.39 is 10.0 Å². The minimum absolute atomic E-state index is 0.111. The number of rotatable bonds is 13. The van der Waals surface area contributed by atoms with E-state index in [9.17, 15) is 13.2 Å². The van der Waals surface area contributed by atoms with Gasteiger partial charge < -0.3 is 14.6 Å². The van der Waals surface area contributed by atoms with Crippen molar-refractivity contribution in [3.63, 3.8) is 0 Å². The molecule has 198 valence electrons. The van der Waals surface area contributed by atoms with Crippen LogP contribution in [0.15, 0.2) is 27.9 Å². The first-order valence-corrected chi connectivity index (χ1v) is 14.1. The highest BCUT2D eigenvalue weighted by Crippen LogP contribution is 2.31. The van der Waals surface area contributed by atoms with Crippen LogP contribution >= 0.6 is 0 Å². The summed E-state index contributed by atoms with van der Waals surface area (Å²) in [5, 5.41) is 4.69. The first-order valence-electron chi connectivity index (χ1n) is 12.7. The van der Waals surface area contributed by atoms with Crippen molar-refractivity contribution in [2.24, 2.45) is 0 Å². The Labute approximate surface area is 213 Å². The molecular weight excluding hydrogens is 480 g/mol. The van der Waals surface area contributed by atoms with Gasteiger partial charge in [0.1, 0.15) is 11.6 Å². The molecule has 0 aliphatic heterocycles. The fraction of sp³-hybridized carbons (Fsp3) is 0.560. The van der Waals surface area contributed by atoms with Gasteiger partial charge in [-0.05, 0) is 51.1 Å². The molecule has 3 rings (SSSR count). The van der Waals surface area contributed by atoms with Gasteiger partial charge in [-0.1, -0.05) is 27.7 Å². The lowest BCUT2D eigenvalue weighted by Gasteiger charge is -2.23. The minimum atomic E-state index is -3.77. The number of imidazole rings is 1. The lowest BCUT2D eigenvalue weighted by molar-refractivity contribution is 0.282. The van der Waals surface area contributed by atoms with E-state index in [1.165, 1.54) is 16.4 Å². The molecule has 0 saturated heterocycles. The van der Waals surface area contributed by atoms with E-state index in [1.807, 2.05) is 20.8 Å². The summed E-state index contributed by atoms with van der Waals surface area (Å²) in [7, 11) is -2.19. The summed E-state index contributed by atoms with van der Waals surface area (Å²) in [5.41, 5.74) is 1.19. The molecule has 0 spiro atoms. The number of aryl methyl sites for hydroxylation is 2. The predicted octanol–water partition coefficient (Wildman–Crippen LogP) is 2.96. The molecule has 1 N–H and O–H groups in total. The van der Waals surface area contributed by atoms with Crippen molar-refractivity contribution in [1.82, 2.24) is 28.8 Å². The number of aromatic nitrogens is 4. The fourth-order valence-electron chi connectivity index (χ4n) is 4.15. The average molecular weight is 519 g/mol. The van der Waals surface area contributed by atoms with Crippen LogP contribution in [-0.2, 0) is 22.9 Å². The topological polar surface area (TPSA) is 113 Å². The molecule has 0 aliphatic carbocycles. The zero-order valence-electron chi connectivity index (χ0n) is 22.2. The number of hydrogen-bond donors (Lipinski definition) is 1. The maximum Gasteiger partial charge on any atom is 0.277 e. The van der Waals surface area contributed by atoms with Crippen molar-refractivity contribution >= 4 is 15.5 Å². The third kappa shape index (κ3) is 5.63. The quantitative estimate of drug-likeness (QED) is 0.370. The molecule has 36 heavy (non-hydrogen) atoms. The summed E-state index contributed by atoms with van der Waals surface area (Å²) in [6.07, 6.45) is 2.13. The smallest absolute Gasteiger partial charge is 0.277 e. The number of H-pyrrole nitrogens is 1. The van der Waals surface area contributed by atoms with Gasteiger partial charge in [0.15, 0.2) is 11.3 Å². The Morgan fingerprint density at radius 2 is 1.81 bits per heavy atom. The van der Waals surface area contributed by atoms with Crippen molar-refractivity contribution in [2.45, 2.75) is 58.8 Å². The van der Waals surface area contributed by atoms with Gasteiger partial charge in [0.05, 0.1) is 22.8 Å². The summed E-state index contributed by atoms with van der Waals surface area (Å²) >= 11 is 0. The lowest BCUT2D eigenvalue weighted by atomic mass is 10.2.